The zero-order valence-corrected chi connectivity index (χ0v) is 14.4. The van der Waals surface area contributed by atoms with Crippen molar-refractivity contribution in [2.24, 2.45) is 0 Å². The Kier molecular flexibility index (Phi) is 3.75. The fourth-order valence-corrected chi connectivity index (χ4v) is 3.13. The van der Waals surface area contributed by atoms with Gasteiger partial charge in [-0.1, -0.05) is 11.2 Å². The van der Waals surface area contributed by atoms with Gasteiger partial charge in [-0.25, -0.2) is 4.68 Å². The van der Waals surface area contributed by atoms with E-state index < -0.39 is 0 Å². The third-order valence-corrected chi connectivity index (χ3v) is 4.46. The summed E-state index contributed by atoms with van der Waals surface area (Å²) in [6.45, 7) is 0. The van der Waals surface area contributed by atoms with Crippen molar-refractivity contribution in [2.75, 3.05) is 0 Å². The normalized spacial score (nSPS) is 11.3. The molecule has 0 fully saturated rings. The molecule has 0 amide bonds. The lowest BCUT2D eigenvalue weighted by Gasteiger charge is -2.04. The van der Waals surface area contributed by atoms with Crippen molar-refractivity contribution in [2.45, 2.75) is 12.8 Å². The minimum Gasteiger partial charge on any atom is -0.361 e. The molecule has 5 rings (SSSR count). The molecule has 132 valence electrons. The minimum absolute atomic E-state index is 0.470. The summed E-state index contributed by atoms with van der Waals surface area (Å²) < 4.78 is 7.19. The van der Waals surface area contributed by atoms with E-state index in [1.807, 2.05) is 30.6 Å². The van der Waals surface area contributed by atoms with E-state index in [2.05, 4.69) is 49.5 Å². The molecular formula is C20H16N6O. The maximum Gasteiger partial charge on any atom is 0.227 e. The Morgan fingerprint density at radius 2 is 2.04 bits per heavy atom. The highest BCUT2D eigenvalue weighted by atomic mass is 16.5. The highest BCUT2D eigenvalue weighted by Gasteiger charge is 2.15. The number of hydrogen-bond acceptors (Lipinski definition) is 5. The van der Waals surface area contributed by atoms with Gasteiger partial charge in [0.15, 0.2) is 0 Å². The highest BCUT2D eigenvalue weighted by Crippen LogP contribution is 2.22. The summed E-state index contributed by atoms with van der Waals surface area (Å²) in [5.74, 6) is 1.06. The number of pyridine rings is 1. The topological polar surface area (TPSA) is 85.4 Å². The van der Waals surface area contributed by atoms with Gasteiger partial charge in [-0.05, 0) is 53.8 Å². The van der Waals surface area contributed by atoms with Crippen LogP contribution in [0.15, 0.2) is 71.8 Å². The summed E-state index contributed by atoms with van der Waals surface area (Å²) in [5, 5.41) is 9.58. The monoisotopic (exact) mass is 356 g/mol. The molecule has 0 radical (unpaired) electrons. The van der Waals surface area contributed by atoms with Gasteiger partial charge in [0, 0.05) is 36.7 Å². The van der Waals surface area contributed by atoms with Crippen molar-refractivity contribution in [3.8, 4) is 17.2 Å². The van der Waals surface area contributed by atoms with E-state index in [1.165, 1.54) is 10.9 Å². The summed E-state index contributed by atoms with van der Waals surface area (Å²) >= 11 is 0. The lowest BCUT2D eigenvalue weighted by molar-refractivity contribution is 0.378. The van der Waals surface area contributed by atoms with Gasteiger partial charge in [0.1, 0.15) is 5.69 Å². The van der Waals surface area contributed by atoms with Crippen molar-refractivity contribution in [3.05, 3.63) is 78.7 Å². The Balaban J connectivity index is 1.37. The Labute approximate surface area is 154 Å². The van der Waals surface area contributed by atoms with Gasteiger partial charge in [0.25, 0.3) is 0 Å². The van der Waals surface area contributed by atoms with Crippen LogP contribution in [0.1, 0.15) is 11.5 Å². The molecule has 4 heterocycles. The number of H-pyrrole nitrogens is 1. The SMILES string of the molecule is c1cnc(-c2noc(CCc3ccc4[nH]ccc4c3)n2)c(-n2cccn2)c1. The molecule has 1 N–H and O–H groups in total. The van der Waals surface area contributed by atoms with Crippen LogP contribution in [0.4, 0.5) is 0 Å². The zero-order valence-electron chi connectivity index (χ0n) is 14.4. The van der Waals surface area contributed by atoms with Crippen molar-refractivity contribution in [1.82, 2.24) is 29.9 Å². The highest BCUT2D eigenvalue weighted by molar-refractivity contribution is 5.79. The fourth-order valence-electron chi connectivity index (χ4n) is 3.13. The molecule has 0 aliphatic carbocycles. The Morgan fingerprint density at radius 1 is 1.04 bits per heavy atom. The van der Waals surface area contributed by atoms with Gasteiger partial charge in [-0.3, -0.25) is 4.98 Å². The molecule has 0 aliphatic heterocycles. The van der Waals surface area contributed by atoms with Gasteiger partial charge in [-0.15, -0.1) is 0 Å². The zero-order chi connectivity index (χ0) is 18.1. The van der Waals surface area contributed by atoms with Gasteiger partial charge in [-0.2, -0.15) is 10.1 Å². The van der Waals surface area contributed by atoms with Gasteiger partial charge in [0.2, 0.25) is 11.7 Å². The molecule has 7 nitrogen and oxygen atoms in total. The molecule has 0 aliphatic rings. The third kappa shape index (κ3) is 2.99. The van der Waals surface area contributed by atoms with Crippen LogP contribution in [0.25, 0.3) is 28.1 Å². The largest absolute Gasteiger partial charge is 0.361 e. The van der Waals surface area contributed by atoms with Crippen LogP contribution < -0.4 is 0 Å². The van der Waals surface area contributed by atoms with Crippen LogP contribution in [0.2, 0.25) is 0 Å². The number of hydrogen-bond donors (Lipinski definition) is 1. The molecule has 0 saturated carbocycles. The number of aromatic amines is 1. The molecule has 0 bridgehead atoms. The molecule has 27 heavy (non-hydrogen) atoms. The smallest absolute Gasteiger partial charge is 0.227 e. The number of rotatable bonds is 5. The average molecular weight is 356 g/mol. The Hall–Kier alpha value is -3.74. The Bertz CT molecular complexity index is 1190. The molecule has 0 atom stereocenters. The fraction of sp³-hybridized carbons (Fsp3) is 0.100. The van der Waals surface area contributed by atoms with Crippen LogP contribution in [0, 0.1) is 0 Å². The van der Waals surface area contributed by atoms with E-state index in [0.29, 0.717) is 23.8 Å². The van der Waals surface area contributed by atoms with Crippen molar-refractivity contribution >= 4 is 10.9 Å². The standard InChI is InChI=1S/C20H16N6O/c1-3-17(26-12-2-10-23-26)19(22-9-1)20-24-18(27-25-20)7-5-14-4-6-16-15(13-14)8-11-21-16/h1-4,6,8-13,21H,5,7H2. The minimum atomic E-state index is 0.470. The Morgan fingerprint density at radius 3 is 2.96 bits per heavy atom. The molecular weight excluding hydrogens is 340 g/mol. The van der Waals surface area contributed by atoms with E-state index in [4.69, 9.17) is 4.52 Å². The number of benzene rings is 1. The summed E-state index contributed by atoms with van der Waals surface area (Å²) in [7, 11) is 0. The molecule has 4 aromatic heterocycles. The predicted molar refractivity (Wildman–Crippen MR) is 100 cm³/mol. The van der Waals surface area contributed by atoms with Crippen LogP contribution >= 0.6 is 0 Å². The van der Waals surface area contributed by atoms with Crippen molar-refractivity contribution in [1.29, 1.82) is 0 Å². The van der Waals surface area contributed by atoms with Gasteiger partial charge in [0.05, 0.1) is 5.69 Å². The molecule has 0 saturated heterocycles. The van der Waals surface area contributed by atoms with Crippen molar-refractivity contribution in [3.63, 3.8) is 0 Å². The number of aromatic nitrogens is 6. The van der Waals surface area contributed by atoms with E-state index in [9.17, 15) is 0 Å². The van der Waals surface area contributed by atoms with E-state index in [-0.39, 0.29) is 0 Å². The van der Waals surface area contributed by atoms with Crippen LogP contribution in [0.5, 0.6) is 0 Å². The predicted octanol–water partition coefficient (Wildman–Crippen LogP) is 3.58. The first-order valence-electron chi connectivity index (χ1n) is 8.71. The lowest BCUT2D eigenvalue weighted by atomic mass is 10.1. The summed E-state index contributed by atoms with van der Waals surface area (Å²) in [5.41, 5.74) is 3.83. The first-order valence-corrected chi connectivity index (χ1v) is 8.71. The van der Waals surface area contributed by atoms with E-state index in [0.717, 1.165) is 17.6 Å². The maximum atomic E-state index is 5.45. The average Bonchev–Trinajstić information content (AvgIpc) is 3.47. The van der Waals surface area contributed by atoms with E-state index in [1.54, 1.807) is 17.1 Å². The molecule has 5 aromatic rings. The summed E-state index contributed by atoms with van der Waals surface area (Å²) in [6.07, 6.45) is 8.75. The second-order valence-corrected chi connectivity index (χ2v) is 6.23. The van der Waals surface area contributed by atoms with Gasteiger partial charge >= 0.3 is 0 Å². The molecule has 0 spiro atoms. The lowest BCUT2D eigenvalue weighted by Crippen LogP contribution is -2.00. The van der Waals surface area contributed by atoms with Crippen LogP contribution in [-0.4, -0.2) is 29.9 Å². The summed E-state index contributed by atoms with van der Waals surface area (Å²) in [4.78, 5) is 12.2. The molecule has 0 unspecified atom stereocenters. The first-order chi connectivity index (χ1) is 13.4. The second kappa shape index (κ2) is 6.53. The quantitative estimate of drug-likeness (QED) is 0.520. The first kappa shape index (κ1) is 15.5. The van der Waals surface area contributed by atoms with Crippen LogP contribution in [0.3, 0.4) is 0 Å². The number of nitrogens with one attached hydrogen (secondary N) is 1. The molecule has 1 aromatic carbocycles. The van der Waals surface area contributed by atoms with Gasteiger partial charge < -0.3 is 9.51 Å². The number of aryl methyl sites for hydroxylation is 2. The maximum absolute atomic E-state index is 5.45. The number of nitrogens with zero attached hydrogens (tertiary/aromatic N) is 5. The van der Waals surface area contributed by atoms with E-state index >= 15 is 0 Å². The molecule has 7 heteroatoms. The van der Waals surface area contributed by atoms with Crippen LogP contribution in [-0.2, 0) is 12.8 Å². The second-order valence-electron chi connectivity index (χ2n) is 6.23. The third-order valence-electron chi connectivity index (χ3n) is 4.46. The van der Waals surface area contributed by atoms with Crippen molar-refractivity contribution < 1.29 is 4.52 Å². The summed E-state index contributed by atoms with van der Waals surface area (Å²) in [6, 6.07) is 14.1. The number of fused-ring (bicyclic) bond motifs is 1.